The number of carboxylic acids is 1. The van der Waals surface area contributed by atoms with Gasteiger partial charge in [-0.1, -0.05) is 59.6 Å². The Balaban J connectivity index is 0.000000203. The van der Waals surface area contributed by atoms with Gasteiger partial charge in [0.05, 0.1) is 74.3 Å². The van der Waals surface area contributed by atoms with Crippen LogP contribution in [0.4, 0.5) is 8.78 Å². The number of benzene rings is 4. The van der Waals surface area contributed by atoms with E-state index >= 15 is 0 Å². The van der Waals surface area contributed by atoms with Gasteiger partial charge in [-0.05, 0) is 88.6 Å². The minimum Gasteiger partial charge on any atom is -0.480 e. The topological polar surface area (TPSA) is 164 Å². The van der Waals surface area contributed by atoms with Crippen molar-refractivity contribution in [1.29, 1.82) is 10.5 Å². The van der Waals surface area contributed by atoms with Crippen molar-refractivity contribution in [1.82, 2.24) is 19.1 Å². The molecule has 290 valence electrons. The lowest BCUT2D eigenvalue weighted by molar-refractivity contribution is -0.137. The van der Waals surface area contributed by atoms with Crippen LogP contribution in [0.3, 0.4) is 0 Å². The summed E-state index contributed by atoms with van der Waals surface area (Å²) in [6.45, 7) is 8.57. The van der Waals surface area contributed by atoms with E-state index in [0.717, 1.165) is 22.2 Å². The summed E-state index contributed by atoms with van der Waals surface area (Å²) in [6, 6.07) is 24.3. The van der Waals surface area contributed by atoms with E-state index in [9.17, 15) is 18.4 Å². The highest BCUT2D eigenvalue weighted by Crippen LogP contribution is 2.28. The maximum Gasteiger partial charge on any atom is 0.323 e. The van der Waals surface area contributed by atoms with Crippen LogP contribution in [-0.2, 0) is 39.9 Å². The summed E-state index contributed by atoms with van der Waals surface area (Å²) in [4.78, 5) is 31.2. The molecule has 0 spiro atoms. The molecule has 4 aromatic carbocycles. The van der Waals surface area contributed by atoms with Crippen LogP contribution in [0.25, 0.3) is 22.1 Å². The number of aryl methyl sites for hydroxylation is 1. The molecule has 2 aromatic heterocycles. The molecule has 10 nitrogen and oxygen atoms in total. The molecule has 2 heterocycles. The van der Waals surface area contributed by atoms with E-state index in [1.807, 2.05) is 12.1 Å². The fourth-order valence-electron chi connectivity index (χ4n) is 5.77. The summed E-state index contributed by atoms with van der Waals surface area (Å²) < 4.78 is 31.3. The molecule has 56 heavy (non-hydrogen) atoms. The minimum atomic E-state index is -0.913. The molecule has 14 heteroatoms. The first kappa shape index (κ1) is 43.1. The molecule has 0 bridgehead atoms. The maximum atomic E-state index is 14.3. The van der Waals surface area contributed by atoms with E-state index < -0.39 is 22.6 Å². The van der Waals surface area contributed by atoms with Crippen LogP contribution in [0, 0.1) is 34.3 Å². The molecular formula is C42H41Cl2F2N7O3. The predicted octanol–water partition coefficient (Wildman–Crippen LogP) is 9.25. The van der Waals surface area contributed by atoms with Gasteiger partial charge in [-0.25, -0.2) is 18.7 Å². The number of para-hydroxylation sites is 2. The highest BCUT2D eigenvalue weighted by molar-refractivity contribution is 6.35. The summed E-state index contributed by atoms with van der Waals surface area (Å²) in [5, 5.41) is 27.8. The largest absolute Gasteiger partial charge is 0.480 e. The third-order valence-electron chi connectivity index (χ3n) is 8.98. The van der Waals surface area contributed by atoms with Crippen LogP contribution in [-0.4, -0.2) is 36.0 Å². The number of rotatable bonds is 10. The second-order valence-corrected chi connectivity index (χ2v) is 15.0. The molecule has 1 atom stereocenters. The molecule has 6 aromatic rings. The molecule has 0 amide bonds. The number of hydrogen-bond acceptors (Lipinski definition) is 7. The maximum absolute atomic E-state index is 14.3. The van der Waals surface area contributed by atoms with E-state index in [1.54, 1.807) is 94.0 Å². The molecule has 0 aliphatic heterocycles. The number of nitriles is 2. The van der Waals surface area contributed by atoms with Gasteiger partial charge in [0.25, 0.3) is 0 Å². The average molecular weight is 801 g/mol. The van der Waals surface area contributed by atoms with Gasteiger partial charge in [-0.2, -0.15) is 10.5 Å². The number of carbonyl (C=O) groups excluding carboxylic acids is 1. The average Bonchev–Trinajstić information content (AvgIpc) is 3.76. The van der Waals surface area contributed by atoms with Crippen LogP contribution in [0.2, 0.25) is 10.0 Å². The minimum absolute atomic E-state index is 0.0102. The number of nitrogens with two attached hydrogens (primary N) is 1. The highest BCUT2D eigenvalue weighted by Gasteiger charge is 2.25. The molecule has 3 N–H and O–H groups in total. The molecule has 0 radical (unpaired) electrons. The SMILES string of the molecule is CC(C)(C#N)c1ccc(CCC(=O)Cn2cnc3cccc(Cl)c32)cc1F.CC(N)c1ccc(C(C)(C)C#N)c(F)c1.O=C(O)Cn1cnc2cccc(Cl)c21. The van der Waals surface area contributed by atoms with Crippen LogP contribution in [0.15, 0.2) is 85.5 Å². The predicted molar refractivity (Wildman–Crippen MR) is 213 cm³/mol. The summed E-state index contributed by atoms with van der Waals surface area (Å²) in [5.41, 5.74) is 9.04. The van der Waals surface area contributed by atoms with Crippen LogP contribution in [0.1, 0.15) is 69.3 Å². The lowest BCUT2D eigenvalue weighted by atomic mass is 9.85. The van der Waals surface area contributed by atoms with E-state index in [1.165, 1.54) is 23.0 Å². The Labute approximate surface area is 333 Å². The van der Waals surface area contributed by atoms with Crippen molar-refractivity contribution >= 4 is 57.0 Å². The van der Waals surface area contributed by atoms with Gasteiger partial charge in [0.2, 0.25) is 0 Å². The number of imidazole rings is 2. The number of ketones is 1. The number of nitrogens with zero attached hydrogens (tertiary/aromatic N) is 6. The highest BCUT2D eigenvalue weighted by atomic mass is 35.5. The van der Waals surface area contributed by atoms with Crippen molar-refractivity contribution in [3.8, 4) is 12.1 Å². The molecular weight excluding hydrogens is 759 g/mol. The monoisotopic (exact) mass is 799 g/mol. The third kappa shape index (κ3) is 10.5. The zero-order chi connectivity index (χ0) is 41.4. The molecule has 6 rings (SSSR count). The Bertz CT molecular complexity index is 2460. The van der Waals surface area contributed by atoms with E-state index in [4.69, 9.17) is 44.6 Å². The third-order valence-corrected chi connectivity index (χ3v) is 9.59. The van der Waals surface area contributed by atoms with Gasteiger partial charge in [0.1, 0.15) is 18.2 Å². The second-order valence-electron chi connectivity index (χ2n) is 14.2. The van der Waals surface area contributed by atoms with Crippen molar-refractivity contribution in [2.75, 3.05) is 0 Å². The Hall–Kier alpha value is -5.66. The van der Waals surface area contributed by atoms with Crippen LogP contribution >= 0.6 is 23.2 Å². The van der Waals surface area contributed by atoms with Crippen LogP contribution in [0.5, 0.6) is 0 Å². The number of hydrogen-bond donors (Lipinski definition) is 2. The first-order chi connectivity index (χ1) is 26.4. The lowest BCUT2D eigenvalue weighted by Gasteiger charge is -2.17. The summed E-state index contributed by atoms with van der Waals surface area (Å²) >= 11 is 12.1. The van der Waals surface area contributed by atoms with Crippen molar-refractivity contribution in [3.05, 3.63) is 129 Å². The molecule has 0 saturated heterocycles. The fourth-order valence-corrected chi connectivity index (χ4v) is 6.32. The standard InChI is InChI=1S/C21H19ClFN3O.C12H15FN2.C9H7ClN2O2/c1-21(2,12-24)16-9-7-14(10-18(16)23)6-8-15(27)11-26-13-25-19-5-3-4-17(22)20(19)26;1-8(15)9-4-5-10(11(13)6-9)12(2,3)7-14;10-6-2-1-3-7-9(6)12(5-11-7)4-8(13)14/h3-5,7,9-10,13H,6,8,11H2,1-2H3;4-6,8H,15H2,1-3H3;1-3,5H,4H2,(H,13,14). The number of aliphatic carboxylic acids is 1. The summed E-state index contributed by atoms with van der Waals surface area (Å²) in [5.74, 6) is -1.68. The normalized spacial score (nSPS) is 11.8. The molecule has 0 saturated carbocycles. The number of carbonyl (C=O) groups is 2. The van der Waals surface area contributed by atoms with E-state index in [2.05, 4.69) is 22.1 Å². The zero-order valence-corrected chi connectivity index (χ0v) is 33.0. The van der Waals surface area contributed by atoms with Crippen molar-refractivity contribution in [2.45, 2.75) is 77.4 Å². The van der Waals surface area contributed by atoms with Gasteiger partial charge in [0, 0.05) is 23.6 Å². The number of fused-ring (bicyclic) bond motifs is 2. The van der Waals surface area contributed by atoms with Gasteiger partial charge in [0.15, 0.2) is 5.78 Å². The van der Waals surface area contributed by atoms with Gasteiger partial charge in [-0.15, -0.1) is 0 Å². The van der Waals surface area contributed by atoms with E-state index in [0.29, 0.717) is 38.6 Å². The second kappa shape index (κ2) is 18.3. The van der Waals surface area contributed by atoms with Gasteiger partial charge >= 0.3 is 5.97 Å². The van der Waals surface area contributed by atoms with Crippen molar-refractivity contribution < 1.29 is 23.5 Å². The Morgan fingerprint density at radius 3 is 1.73 bits per heavy atom. The fraction of sp³-hybridized carbons (Fsp3) is 0.286. The Morgan fingerprint density at radius 2 is 1.29 bits per heavy atom. The van der Waals surface area contributed by atoms with Crippen LogP contribution < -0.4 is 5.73 Å². The molecule has 0 fully saturated rings. The smallest absolute Gasteiger partial charge is 0.323 e. The number of aromatic nitrogens is 4. The van der Waals surface area contributed by atoms with Crippen molar-refractivity contribution in [3.63, 3.8) is 0 Å². The zero-order valence-electron chi connectivity index (χ0n) is 31.5. The number of Topliss-reactive ketones (excluding diaryl/α,β-unsaturated/α-hetero) is 1. The summed E-state index contributed by atoms with van der Waals surface area (Å²) in [7, 11) is 0. The Morgan fingerprint density at radius 1 is 0.804 bits per heavy atom. The number of carboxylic acid groups (broad SMARTS) is 1. The van der Waals surface area contributed by atoms with Crippen molar-refractivity contribution in [2.24, 2.45) is 5.73 Å². The van der Waals surface area contributed by atoms with Gasteiger partial charge in [-0.3, -0.25) is 9.59 Å². The molecule has 0 aliphatic rings. The van der Waals surface area contributed by atoms with Gasteiger partial charge < -0.3 is 20.0 Å². The first-order valence-electron chi connectivity index (χ1n) is 17.5. The first-order valence-corrected chi connectivity index (χ1v) is 18.2. The summed E-state index contributed by atoms with van der Waals surface area (Å²) in [6.07, 6.45) is 3.80. The molecule has 0 aliphatic carbocycles. The Kier molecular flexibility index (Phi) is 14.1. The number of halogens is 4. The lowest BCUT2D eigenvalue weighted by Crippen LogP contribution is -2.17. The molecule has 1 unspecified atom stereocenters. The van der Waals surface area contributed by atoms with E-state index in [-0.39, 0.29) is 37.2 Å². The quantitative estimate of drug-likeness (QED) is 0.138.